The van der Waals surface area contributed by atoms with Crippen molar-refractivity contribution in [1.82, 2.24) is 24.9 Å². The van der Waals surface area contributed by atoms with E-state index in [1.165, 1.54) is 0 Å². The molecule has 118 valence electrons. The van der Waals surface area contributed by atoms with Crippen molar-refractivity contribution in [3.8, 4) is 0 Å². The summed E-state index contributed by atoms with van der Waals surface area (Å²) in [5.41, 5.74) is 0.765. The Morgan fingerprint density at radius 2 is 2.45 bits per heavy atom. The number of hydrogen-bond acceptors (Lipinski definition) is 5. The van der Waals surface area contributed by atoms with Crippen molar-refractivity contribution < 1.29 is 4.79 Å². The molecule has 0 aromatic carbocycles. The Balaban J connectivity index is 1.68. The number of fused-ring (bicyclic) bond motifs is 1. The predicted molar refractivity (Wildman–Crippen MR) is 84.0 cm³/mol. The highest BCUT2D eigenvalue weighted by molar-refractivity contribution is 6.30. The Morgan fingerprint density at radius 3 is 3.27 bits per heavy atom. The summed E-state index contributed by atoms with van der Waals surface area (Å²) in [5, 5.41) is 10.5. The van der Waals surface area contributed by atoms with Crippen molar-refractivity contribution in [2.24, 2.45) is 5.92 Å². The van der Waals surface area contributed by atoms with Gasteiger partial charge in [-0.2, -0.15) is 0 Å². The largest absolute Gasteiger partial charge is 0.354 e. The lowest BCUT2D eigenvalue weighted by atomic mass is 9.98. The van der Waals surface area contributed by atoms with Gasteiger partial charge in [-0.25, -0.2) is 4.98 Å². The summed E-state index contributed by atoms with van der Waals surface area (Å²) < 4.78 is 1.86. The normalized spacial score (nSPS) is 20.1. The van der Waals surface area contributed by atoms with Crippen LogP contribution in [0, 0.1) is 5.92 Å². The minimum Gasteiger partial charge on any atom is -0.354 e. The topological polar surface area (TPSA) is 75.4 Å². The molecule has 1 aliphatic heterocycles. The van der Waals surface area contributed by atoms with E-state index in [9.17, 15) is 4.79 Å². The Bertz CT molecular complexity index is 658. The highest BCUT2D eigenvalue weighted by Gasteiger charge is 2.24. The molecule has 1 aliphatic rings. The van der Waals surface area contributed by atoms with Gasteiger partial charge in [0, 0.05) is 32.0 Å². The maximum absolute atomic E-state index is 11.6. The average molecular weight is 323 g/mol. The van der Waals surface area contributed by atoms with Crippen molar-refractivity contribution >= 4 is 29.0 Å². The molecule has 1 fully saturated rings. The van der Waals surface area contributed by atoms with Gasteiger partial charge in [0.05, 0.1) is 0 Å². The number of amides is 1. The molecule has 2 aromatic heterocycles. The van der Waals surface area contributed by atoms with Crippen LogP contribution >= 0.6 is 11.6 Å². The molecule has 0 radical (unpaired) electrons. The van der Waals surface area contributed by atoms with E-state index in [0.717, 1.165) is 37.4 Å². The minimum absolute atomic E-state index is 0.114. The number of alkyl halides is 1. The van der Waals surface area contributed by atoms with E-state index in [-0.39, 0.29) is 5.91 Å². The zero-order valence-corrected chi connectivity index (χ0v) is 13.2. The molecule has 2 aromatic rings. The van der Waals surface area contributed by atoms with Gasteiger partial charge in [-0.15, -0.1) is 21.8 Å². The van der Waals surface area contributed by atoms with Crippen LogP contribution in [0.25, 0.3) is 5.65 Å². The van der Waals surface area contributed by atoms with Crippen LogP contribution in [0.15, 0.2) is 18.7 Å². The number of hydrogen-bond donors (Lipinski definition) is 1. The summed E-state index contributed by atoms with van der Waals surface area (Å²) in [6.07, 6.45) is 7.41. The summed E-state index contributed by atoms with van der Waals surface area (Å²) in [6, 6.07) is 0. The van der Waals surface area contributed by atoms with Crippen LogP contribution in [0.4, 0.5) is 5.82 Å². The molecular formula is C14H19ClN6O. The maximum Gasteiger partial charge on any atom is 0.237 e. The van der Waals surface area contributed by atoms with Crippen molar-refractivity contribution in [2.45, 2.75) is 25.1 Å². The summed E-state index contributed by atoms with van der Waals surface area (Å²) in [6.45, 7) is 4.11. The number of nitrogens with one attached hydrogen (secondary N) is 1. The Hall–Kier alpha value is -1.89. The Labute approximate surface area is 133 Å². The van der Waals surface area contributed by atoms with Crippen molar-refractivity contribution in [2.75, 3.05) is 24.5 Å². The first-order valence-electron chi connectivity index (χ1n) is 7.46. The second kappa shape index (κ2) is 6.48. The molecule has 0 aliphatic carbocycles. The molecule has 3 heterocycles. The molecule has 8 heteroatoms. The minimum atomic E-state index is -0.494. The van der Waals surface area contributed by atoms with Gasteiger partial charge >= 0.3 is 0 Å². The lowest BCUT2D eigenvalue weighted by Crippen LogP contribution is -2.42. The van der Waals surface area contributed by atoms with Crippen LogP contribution in [-0.4, -0.2) is 50.5 Å². The molecule has 22 heavy (non-hydrogen) atoms. The zero-order valence-electron chi connectivity index (χ0n) is 12.4. The van der Waals surface area contributed by atoms with Crippen LogP contribution in [0.5, 0.6) is 0 Å². The summed E-state index contributed by atoms with van der Waals surface area (Å²) in [7, 11) is 0. The number of nitrogens with zero attached hydrogens (tertiary/aromatic N) is 5. The highest BCUT2D eigenvalue weighted by atomic mass is 35.5. The van der Waals surface area contributed by atoms with Gasteiger partial charge in [0.25, 0.3) is 0 Å². The molecule has 1 N–H and O–H groups in total. The molecule has 2 unspecified atom stereocenters. The monoisotopic (exact) mass is 322 g/mol. The number of carbonyl (C=O) groups excluding carboxylic acids is 1. The number of rotatable bonds is 4. The van der Waals surface area contributed by atoms with Crippen molar-refractivity contribution in [1.29, 1.82) is 0 Å². The first kappa shape index (κ1) is 15.0. The first-order valence-corrected chi connectivity index (χ1v) is 7.90. The summed E-state index contributed by atoms with van der Waals surface area (Å²) in [4.78, 5) is 18.3. The van der Waals surface area contributed by atoms with Gasteiger partial charge in [-0.1, -0.05) is 0 Å². The molecule has 7 nitrogen and oxygen atoms in total. The molecule has 2 atom stereocenters. The van der Waals surface area contributed by atoms with Crippen LogP contribution < -0.4 is 10.2 Å². The molecule has 1 amide bonds. The van der Waals surface area contributed by atoms with Gasteiger partial charge in [-0.3, -0.25) is 9.20 Å². The quantitative estimate of drug-likeness (QED) is 0.853. The molecular weight excluding hydrogens is 304 g/mol. The zero-order chi connectivity index (χ0) is 15.5. The van der Waals surface area contributed by atoms with Gasteiger partial charge in [-0.05, 0) is 25.7 Å². The number of piperidine rings is 1. The lowest BCUT2D eigenvalue weighted by molar-refractivity contribution is -0.120. The van der Waals surface area contributed by atoms with E-state index in [1.54, 1.807) is 19.4 Å². The molecule has 3 rings (SSSR count). The Morgan fingerprint density at radius 1 is 1.59 bits per heavy atom. The number of aromatic nitrogens is 4. The van der Waals surface area contributed by atoms with Crippen LogP contribution in [-0.2, 0) is 4.79 Å². The fourth-order valence-corrected chi connectivity index (χ4v) is 2.86. The van der Waals surface area contributed by atoms with E-state index < -0.39 is 5.38 Å². The standard InChI is InChI=1S/C14H19ClN6O/c1-10(15)14(22)17-7-11-3-2-5-20(8-11)12-13-19-18-9-21(13)6-4-16-12/h4,6,9-11H,2-3,5,7-8H2,1H3,(H,17,22). The Kier molecular flexibility index (Phi) is 4.42. The molecule has 1 saturated heterocycles. The smallest absolute Gasteiger partial charge is 0.237 e. The van der Waals surface area contributed by atoms with E-state index in [1.807, 2.05) is 10.6 Å². The third-order valence-electron chi connectivity index (χ3n) is 3.94. The summed E-state index contributed by atoms with van der Waals surface area (Å²) in [5.74, 6) is 1.12. The SMILES string of the molecule is CC(Cl)C(=O)NCC1CCCN(c2nccn3cnnc23)C1. The summed E-state index contributed by atoms with van der Waals surface area (Å²) >= 11 is 5.77. The van der Waals surface area contributed by atoms with E-state index in [2.05, 4.69) is 25.4 Å². The number of carbonyl (C=O) groups is 1. The maximum atomic E-state index is 11.6. The lowest BCUT2D eigenvalue weighted by Gasteiger charge is -2.33. The molecule has 0 spiro atoms. The van der Waals surface area contributed by atoms with Crippen LogP contribution in [0.3, 0.4) is 0 Å². The second-order valence-electron chi connectivity index (χ2n) is 5.63. The van der Waals surface area contributed by atoms with Crippen LogP contribution in [0.1, 0.15) is 19.8 Å². The highest BCUT2D eigenvalue weighted by Crippen LogP contribution is 2.23. The molecule has 0 bridgehead atoms. The van der Waals surface area contributed by atoms with Gasteiger partial charge in [0.2, 0.25) is 11.6 Å². The van der Waals surface area contributed by atoms with E-state index in [0.29, 0.717) is 12.5 Å². The average Bonchev–Trinajstić information content (AvgIpc) is 3.01. The van der Waals surface area contributed by atoms with Crippen molar-refractivity contribution in [3.05, 3.63) is 18.7 Å². The fraction of sp³-hybridized carbons (Fsp3) is 0.571. The first-order chi connectivity index (χ1) is 10.6. The predicted octanol–water partition coefficient (Wildman–Crippen LogP) is 1.08. The van der Waals surface area contributed by atoms with Gasteiger partial charge < -0.3 is 10.2 Å². The van der Waals surface area contributed by atoms with Crippen molar-refractivity contribution in [3.63, 3.8) is 0 Å². The number of halogens is 1. The third-order valence-corrected chi connectivity index (χ3v) is 4.14. The third kappa shape index (κ3) is 3.14. The van der Waals surface area contributed by atoms with Crippen LogP contribution in [0.2, 0.25) is 0 Å². The number of anilines is 1. The fourth-order valence-electron chi connectivity index (χ4n) is 2.78. The van der Waals surface area contributed by atoms with Gasteiger partial charge in [0.15, 0.2) is 5.82 Å². The van der Waals surface area contributed by atoms with E-state index in [4.69, 9.17) is 11.6 Å². The molecule has 0 saturated carbocycles. The van der Waals surface area contributed by atoms with E-state index >= 15 is 0 Å². The second-order valence-corrected chi connectivity index (χ2v) is 6.28. The van der Waals surface area contributed by atoms with Gasteiger partial charge in [0.1, 0.15) is 11.7 Å².